The summed E-state index contributed by atoms with van der Waals surface area (Å²) in [5.41, 5.74) is 3.80. The molecule has 0 aliphatic carbocycles. The van der Waals surface area contributed by atoms with E-state index in [0.717, 1.165) is 16.7 Å². The summed E-state index contributed by atoms with van der Waals surface area (Å²) in [4.78, 5) is 15.4. The van der Waals surface area contributed by atoms with Crippen LogP contribution in [0.2, 0.25) is 0 Å². The molecular formula is C20H18N2OS. The number of carbonyl (C=O) groups is 1. The second kappa shape index (κ2) is 7.23. The number of benzene rings is 2. The molecule has 1 atom stereocenters. The van der Waals surface area contributed by atoms with Gasteiger partial charge in [0.25, 0.3) is 5.91 Å². The molecule has 1 unspecified atom stereocenters. The number of aromatic nitrogens is 1. The molecule has 0 saturated heterocycles. The van der Waals surface area contributed by atoms with Gasteiger partial charge in [-0.1, -0.05) is 66.8 Å². The summed E-state index contributed by atoms with van der Waals surface area (Å²) in [7, 11) is 0. The third kappa shape index (κ3) is 3.44. The van der Waals surface area contributed by atoms with Crippen LogP contribution in [-0.4, -0.2) is 10.9 Å². The van der Waals surface area contributed by atoms with Crippen molar-refractivity contribution in [3.05, 3.63) is 88.7 Å². The minimum absolute atomic E-state index is 0.136. The van der Waals surface area contributed by atoms with E-state index in [9.17, 15) is 4.79 Å². The van der Waals surface area contributed by atoms with Gasteiger partial charge in [0.1, 0.15) is 4.64 Å². The Balaban J connectivity index is 1.89. The average Bonchev–Trinajstić information content (AvgIpc) is 2.62. The SMILES string of the molecule is CC(NC(=O)c1ccc[nH]c1=S)c1ccccc1-c1ccccc1. The Labute approximate surface area is 146 Å². The molecule has 3 nitrogen and oxygen atoms in total. The summed E-state index contributed by atoms with van der Waals surface area (Å²) in [6.07, 6.45) is 1.72. The second-order valence-electron chi connectivity index (χ2n) is 5.56. The molecule has 120 valence electrons. The molecule has 0 spiro atoms. The number of rotatable bonds is 4. The molecule has 0 fully saturated rings. The van der Waals surface area contributed by atoms with Crippen molar-refractivity contribution in [3.63, 3.8) is 0 Å². The molecule has 1 amide bonds. The van der Waals surface area contributed by atoms with Crippen LogP contribution >= 0.6 is 12.2 Å². The Hall–Kier alpha value is -2.72. The monoisotopic (exact) mass is 334 g/mol. The van der Waals surface area contributed by atoms with Crippen molar-refractivity contribution < 1.29 is 4.79 Å². The van der Waals surface area contributed by atoms with E-state index >= 15 is 0 Å². The summed E-state index contributed by atoms with van der Waals surface area (Å²) in [5, 5.41) is 3.04. The Morgan fingerprint density at radius 2 is 1.71 bits per heavy atom. The van der Waals surface area contributed by atoms with E-state index < -0.39 is 0 Å². The van der Waals surface area contributed by atoms with Gasteiger partial charge in [-0.15, -0.1) is 0 Å². The third-order valence-corrected chi connectivity index (χ3v) is 4.26. The van der Waals surface area contributed by atoms with E-state index in [1.165, 1.54) is 0 Å². The Bertz CT molecular complexity index is 903. The van der Waals surface area contributed by atoms with Gasteiger partial charge < -0.3 is 10.3 Å². The largest absolute Gasteiger partial charge is 0.352 e. The number of nitrogens with one attached hydrogen (secondary N) is 2. The van der Waals surface area contributed by atoms with Crippen LogP contribution in [-0.2, 0) is 0 Å². The van der Waals surface area contributed by atoms with Gasteiger partial charge in [0.05, 0.1) is 11.6 Å². The number of amides is 1. The van der Waals surface area contributed by atoms with E-state index in [4.69, 9.17) is 12.2 Å². The predicted molar refractivity (Wildman–Crippen MR) is 99.4 cm³/mol. The first-order valence-corrected chi connectivity index (χ1v) is 8.20. The molecule has 1 aromatic heterocycles. The first-order valence-electron chi connectivity index (χ1n) is 7.79. The van der Waals surface area contributed by atoms with Gasteiger partial charge in [0.15, 0.2) is 0 Å². The first kappa shape index (κ1) is 16.1. The van der Waals surface area contributed by atoms with Gasteiger partial charge in [-0.05, 0) is 35.7 Å². The van der Waals surface area contributed by atoms with Gasteiger partial charge in [0, 0.05) is 6.20 Å². The lowest BCUT2D eigenvalue weighted by Crippen LogP contribution is -2.27. The van der Waals surface area contributed by atoms with E-state index in [1.54, 1.807) is 18.3 Å². The summed E-state index contributed by atoms with van der Waals surface area (Å²) in [6, 6.07) is 21.6. The van der Waals surface area contributed by atoms with E-state index in [2.05, 4.69) is 28.5 Å². The molecule has 1 heterocycles. The maximum Gasteiger partial charge on any atom is 0.254 e. The van der Waals surface area contributed by atoms with Crippen LogP contribution in [0.1, 0.15) is 28.9 Å². The third-order valence-electron chi connectivity index (χ3n) is 3.92. The van der Waals surface area contributed by atoms with Crippen LogP contribution in [0.25, 0.3) is 11.1 Å². The molecule has 0 aliphatic heterocycles. The lowest BCUT2D eigenvalue weighted by molar-refractivity contribution is 0.0939. The van der Waals surface area contributed by atoms with Crippen LogP contribution in [0.3, 0.4) is 0 Å². The zero-order valence-electron chi connectivity index (χ0n) is 13.3. The zero-order valence-corrected chi connectivity index (χ0v) is 14.1. The highest BCUT2D eigenvalue weighted by atomic mass is 32.1. The molecule has 0 saturated carbocycles. The minimum Gasteiger partial charge on any atom is -0.352 e. The molecule has 0 bridgehead atoms. The number of hydrogen-bond donors (Lipinski definition) is 2. The minimum atomic E-state index is -0.174. The molecule has 3 aromatic rings. The van der Waals surface area contributed by atoms with Crippen molar-refractivity contribution in [3.8, 4) is 11.1 Å². The highest BCUT2D eigenvalue weighted by Gasteiger charge is 2.15. The molecule has 24 heavy (non-hydrogen) atoms. The van der Waals surface area contributed by atoms with Crippen molar-refractivity contribution in [2.45, 2.75) is 13.0 Å². The van der Waals surface area contributed by atoms with Crippen LogP contribution in [0.4, 0.5) is 0 Å². The summed E-state index contributed by atoms with van der Waals surface area (Å²) in [6.45, 7) is 1.98. The second-order valence-corrected chi connectivity index (χ2v) is 5.97. The highest BCUT2D eigenvalue weighted by Crippen LogP contribution is 2.28. The lowest BCUT2D eigenvalue weighted by Gasteiger charge is -2.18. The zero-order chi connectivity index (χ0) is 16.9. The van der Waals surface area contributed by atoms with Gasteiger partial charge in [-0.25, -0.2) is 0 Å². The Morgan fingerprint density at radius 1 is 1.00 bits per heavy atom. The Morgan fingerprint density at radius 3 is 2.46 bits per heavy atom. The van der Waals surface area contributed by atoms with E-state index in [1.807, 2.05) is 43.3 Å². The quantitative estimate of drug-likeness (QED) is 0.666. The van der Waals surface area contributed by atoms with E-state index in [-0.39, 0.29) is 11.9 Å². The molecule has 2 N–H and O–H groups in total. The topological polar surface area (TPSA) is 44.9 Å². The number of hydrogen-bond acceptors (Lipinski definition) is 2. The van der Waals surface area contributed by atoms with Gasteiger partial charge >= 0.3 is 0 Å². The van der Waals surface area contributed by atoms with Crippen molar-refractivity contribution in [2.24, 2.45) is 0 Å². The highest BCUT2D eigenvalue weighted by molar-refractivity contribution is 7.71. The lowest BCUT2D eigenvalue weighted by atomic mass is 9.95. The fraction of sp³-hybridized carbons (Fsp3) is 0.100. The van der Waals surface area contributed by atoms with Crippen LogP contribution in [0.5, 0.6) is 0 Å². The molecular weight excluding hydrogens is 316 g/mol. The summed E-state index contributed by atoms with van der Waals surface area (Å²) >= 11 is 5.18. The summed E-state index contributed by atoms with van der Waals surface area (Å²) in [5.74, 6) is -0.174. The normalized spacial score (nSPS) is 11.7. The van der Waals surface area contributed by atoms with Crippen molar-refractivity contribution in [1.82, 2.24) is 10.3 Å². The molecule has 3 rings (SSSR count). The molecule has 2 aromatic carbocycles. The fourth-order valence-corrected chi connectivity index (χ4v) is 2.94. The van der Waals surface area contributed by atoms with Crippen molar-refractivity contribution in [1.29, 1.82) is 0 Å². The molecule has 0 radical (unpaired) electrons. The van der Waals surface area contributed by atoms with E-state index in [0.29, 0.717) is 10.2 Å². The Kier molecular flexibility index (Phi) is 4.87. The predicted octanol–water partition coefficient (Wildman–Crippen LogP) is 4.90. The average molecular weight is 334 g/mol. The molecule has 0 aliphatic rings. The number of pyridine rings is 1. The fourth-order valence-electron chi connectivity index (χ4n) is 2.71. The number of H-pyrrole nitrogens is 1. The maximum absolute atomic E-state index is 12.5. The van der Waals surface area contributed by atoms with Crippen molar-refractivity contribution in [2.75, 3.05) is 0 Å². The number of aromatic amines is 1. The van der Waals surface area contributed by atoms with Crippen LogP contribution < -0.4 is 5.32 Å². The molecule has 4 heteroatoms. The van der Waals surface area contributed by atoms with Crippen LogP contribution in [0, 0.1) is 4.64 Å². The van der Waals surface area contributed by atoms with Crippen molar-refractivity contribution >= 4 is 18.1 Å². The smallest absolute Gasteiger partial charge is 0.254 e. The maximum atomic E-state index is 12.5. The standard InChI is InChI=1S/C20H18N2OS/c1-14(22-19(23)18-12-7-13-21-20(18)24)16-10-5-6-11-17(16)15-8-3-2-4-9-15/h2-14H,1H3,(H,21,24)(H,22,23). The van der Waals surface area contributed by atoms with Gasteiger partial charge in [0.2, 0.25) is 0 Å². The number of carbonyl (C=O) groups excluding carboxylic acids is 1. The first-order chi connectivity index (χ1) is 11.7. The van der Waals surface area contributed by atoms with Gasteiger partial charge in [-0.3, -0.25) is 4.79 Å². The van der Waals surface area contributed by atoms with Crippen LogP contribution in [0.15, 0.2) is 72.9 Å². The van der Waals surface area contributed by atoms with Gasteiger partial charge in [-0.2, -0.15) is 0 Å². The summed E-state index contributed by atoms with van der Waals surface area (Å²) < 4.78 is 0.443.